The minimum Gasteiger partial charge on any atom is -0.368 e. The molecule has 0 unspecified atom stereocenters. The van der Waals surface area contributed by atoms with Crippen LogP contribution >= 0.6 is 0 Å². The van der Waals surface area contributed by atoms with Gasteiger partial charge in [-0.25, -0.2) is 9.97 Å². The number of unbranched alkanes of at least 4 members (excludes halogenated alkanes) is 1. The van der Waals surface area contributed by atoms with Crippen LogP contribution in [-0.2, 0) is 0 Å². The van der Waals surface area contributed by atoms with Gasteiger partial charge in [-0.15, -0.1) is 0 Å². The van der Waals surface area contributed by atoms with E-state index in [0.29, 0.717) is 11.5 Å². The first kappa shape index (κ1) is 9.46. The molecule has 13 heavy (non-hydrogen) atoms. The Hall–Kier alpha value is -1.63. The molecule has 4 heteroatoms. The van der Waals surface area contributed by atoms with Crippen molar-refractivity contribution < 1.29 is 0 Å². The fraction of sp³-hybridized carbons (Fsp3) is 0.444. The van der Waals surface area contributed by atoms with Crippen molar-refractivity contribution in [2.45, 2.75) is 19.8 Å². The summed E-state index contributed by atoms with van der Waals surface area (Å²) in [5, 5.41) is 11.8. The summed E-state index contributed by atoms with van der Waals surface area (Å²) in [5.41, 5.74) is 0.360. The number of nitriles is 1. The molecule has 0 spiro atoms. The molecular formula is C9H12N4. The van der Waals surface area contributed by atoms with Crippen molar-refractivity contribution in [1.82, 2.24) is 9.97 Å². The third kappa shape index (κ3) is 2.71. The predicted octanol–water partition coefficient (Wildman–Crippen LogP) is 1.56. The molecule has 0 aromatic carbocycles. The molecule has 0 amide bonds. The summed E-state index contributed by atoms with van der Waals surface area (Å²) in [6, 6.07) is 1.99. The van der Waals surface area contributed by atoms with Crippen LogP contribution in [0.4, 0.5) is 5.82 Å². The van der Waals surface area contributed by atoms with Gasteiger partial charge in [0.2, 0.25) is 0 Å². The topological polar surface area (TPSA) is 61.6 Å². The van der Waals surface area contributed by atoms with Gasteiger partial charge >= 0.3 is 0 Å². The van der Waals surface area contributed by atoms with Crippen LogP contribution < -0.4 is 5.32 Å². The first-order valence-corrected chi connectivity index (χ1v) is 4.33. The van der Waals surface area contributed by atoms with Crippen LogP contribution in [0.15, 0.2) is 12.4 Å². The number of hydrogen-bond donors (Lipinski definition) is 1. The lowest BCUT2D eigenvalue weighted by molar-refractivity contribution is 0.829. The Morgan fingerprint density at radius 2 is 2.23 bits per heavy atom. The van der Waals surface area contributed by atoms with E-state index in [1.165, 1.54) is 6.20 Å². The third-order valence-electron chi connectivity index (χ3n) is 1.63. The van der Waals surface area contributed by atoms with E-state index in [1.807, 2.05) is 6.07 Å². The lowest BCUT2D eigenvalue weighted by atomic mass is 10.3. The highest BCUT2D eigenvalue weighted by Gasteiger charge is 2.01. The number of anilines is 1. The molecular weight excluding hydrogens is 164 g/mol. The highest BCUT2D eigenvalue weighted by atomic mass is 15.0. The molecule has 0 saturated carbocycles. The Morgan fingerprint density at radius 1 is 1.46 bits per heavy atom. The van der Waals surface area contributed by atoms with Crippen molar-refractivity contribution in [3.63, 3.8) is 0 Å². The van der Waals surface area contributed by atoms with Gasteiger partial charge < -0.3 is 5.32 Å². The molecule has 0 radical (unpaired) electrons. The third-order valence-corrected chi connectivity index (χ3v) is 1.63. The summed E-state index contributed by atoms with van der Waals surface area (Å²) >= 11 is 0. The zero-order chi connectivity index (χ0) is 9.52. The van der Waals surface area contributed by atoms with Gasteiger partial charge in [0.15, 0.2) is 11.5 Å². The lowest BCUT2D eigenvalue weighted by Crippen LogP contribution is -2.05. The maximum Gasteiger partial charge on any atom is 0.182 e. The Labute approximate surface area is 77.6 Å². The quantitative estimate of drug-likeness (QED) is 0.707. The van der Waals surface area contributed by atoms with Crippen LogP contribution in [-0.4, -0.2) is 16.5 Å². The molecule has 1 N–H and O–H groups in total. The molecule has 0 bridgehead atoms. The average Bonchev–Trinajstić information content (AvgIpc) is 2.19. The van der Waals surface area contributed by atoms with Gasteiger partial charge in [-0.1, -0.05) is 13.3 Å². The van der Waals surface area contributed by atoms with Gasteiger partial charge in [0.1, 0.15) is 6.07 Å². The van der Waals surface area contributed by atoms with Crippen molar-refractivity contribution in [3.05, 3.63) is 18.1 Å². The molecule has 0 aliphatic rings. The van der Waals surface area contributed by atoms with Crippen LogP contribution in [0.3, 0.4) is 0 Å². The van der Waals surface area contributed by atoms with Crippen molar-refractivity contribution in [2.75, 3.05) is 11.9 Å². The van der Waals surface area contributed by atoms with E-state index in [9.17, 15) is 0 Å². The number of nitrogens with one attached hydrogen (secondary N) is 1. The Morgan fingerprint density at radius 3 is 2.92 bits per heavy atom. The average molecular weight is 176 g/mol. The van der Waals surface area contributed by atoms with Crippen LogP contribution in [0.1, 0.15) is 25.5 Å². The first-order valence-electron chi connectivity index (χ1n) is 4.33. The van der Waals surface area contributed by atoms with Gasteiger partial charge in [-0.2, -0.15) is 5.26 Å². The van der Waals surface area contributed by atoms with E-state index in [4.69, 9.17) is 5.26 Å². The maximum absolute atomic E-state index is 8.68. The highest BCUT2D eigenvalue weighted by molar-refractivity contribution is 5.46. The monoisotopic (exact) mass is 176 g/mol. The summed E-state index contributed by atoms with van der Waals surface area (Å²) in [6.07, 6.45) is 5.29. The van der Waals surface area contributed by atoms with E-state index >= 15 is 0 Å². The Balaban J connectivity index is 2.60. The Kier molecular flexibility index (Phi) is 3.71. The maximum atomic E-state index is 8.68. The Bertz CT molecular complexity index is 303. The second-order valence-electron chi connectivity index (χ2n) is 2.65. The molecule has 0 saturated heterocycles. The van der Waals surface area contributed by atoms with Gasteiger partial charge in [-0.3, -0.25) is 0 Å². The smallest absolute Gasteiger partial charge is 0.182 e. The van der Waals surface area contributed by atoms with Crippen LogP contribution in [0, 0.1) is 11.3 Å². The summed E-state index contributed by atoms with van der Waals surface area (Å²) in [5.74, 6) is 0.582. The van der Waals surface area contributed by atoms with E-state index < -0.39 is 0 Å². The second kappa shape index (κ2) is 5.09. The van der Waals surface area contributed by atoms with Gasteiger partial charge in [-0.05, 0) is 6.42 Å². The fourth-order valence-electron chi connectivity index (χ4n) is 0.933. The SMILES string of the molecule is CCCCNc1nccnc1C#N. The molecule has 0 atom stereocenters. The van der Waals surface area contributed by atoms with Crippen LogP contribution in [0.2, 0.25) is 0 Å². The van der Waals surface area contributed by atoms with Crippen molar-refractivity contribution in [1.29, 1.82) is 5.26 Å². The molecule has 1 aromatic heterocycles. The van der Waals surface area contributed by atoms with E-state index in [0.717, 1.165) is 19.4 Å². The summed E-state index contributed by atoms with van der Waals surface area (Å²) in [6.45, 7) is 2.95. The van der Waals surface area contributed by atoms with Gasteiger partial charge in [0.25, 0.3) is 0 Å². The van der Waals surface area contributed by atoms with Gasteiger partial charge in [0, 0.05) is 18.9 Å². The standard InChI is InChI=1S/C9H12N4/c1-2-3-4-12-9-8(7-10)11-5-6-13-9/h5-6H,2-4H2,1H3,(H,12,13). The van der Waals surface area contributed by atoms with Gasteiger partial charge in [0.05, 0.1) is 0 Å². The van der Waals surface area contributed by atoms with Crippen LogP contribution in [0.25, 0.3) is 0 Å². The zero-order valence-corrected chi connectivity index (χ0v) is 7.62. The second-order valence-corrected chi connectivity index (χ2v) is 2.65. The number of hydrogen-bond acceptors (Lipinski definition) is 4. The molecule has 68 valence electrons. The van der Waals surface area contributed by atoms with Crippen molar-refractivity contribution in [2.24, 2.45) is 0 Å². The molecule has 1 aromatic rings. The zero-order valence-electron chi connectivity index (χ0n) is 7.62. The predicted molar refractivity (Wildman–Crippen MR) is 50.1 cm³/mol. The summed E-state index contributed by atoms with van der Waals surface area (Å²) < 4.78 is 0. The number of aromatic nitrogens is 2. The minimum absolute atomic E-state index is 0.360. The molecule has 0 aliphatic carbocycles. The fourth-order valence-corrected chi connectivity index (χ4v) is 0.933. The van der Waals surface area contributed by atoms with Crippen LogP contribution in [0.5, 0.6) is 0 Å². The first-order chi connectivity index (χ1) is 6.38. The van der Waals surface area contributed by atoms with E-state index in [2.05, 4.69) is 22.2 Å². The summed E-state index contributed by atoms with van der Waals surface area (Å²) in [7, 11) is 0. The van der Waals surface area contributed by atoms with E-state index in [-0.39, 0.29) is 0 Å². The lowest BCUT2D eigenvalue weighted by Gasteiger charge is -2.03. The molecule has 1 rings (SSSR count). The minimum atomic E-state index is 0.360. The van der Waals surface area contributed by atoms with E-state index in [1.54, 1.807) is 6.20 Å². The largest absolute Gasteiger partial charge is 0.368 e. The normalized spacial score (nSPS) is 9.23. The van der Waals surface area contributed by atoms with Crippen molar-refractivity contribution in [3.8, 4) is 6.07 Å². The number of rotatable bonds is 4. The number of nitrogens with zero attached hydrogens (tertiary/aromatic N) is 3. The summed E-state index contributed by atoms with van der Waals surface area (Å²) in [4.78, 5) is 7.92. The molecule has 1 heterocycles. The molecule has 4 nitrogen and oxygen atoms in total. The highest BCUT2D eigenvalue weighted by Crippen LogP contribution is 2.05. The van der Waals surface area contributed by atoms with Crippen molar-refractivity contribution >= 4 is 5.82 Å². The molecule has 0 fully saturated rings. The molecule has 0 aliphatic heterocycles.